The summed E-state index contributed by atoms with van der Waals surface area (Å²) in [6.45, 7) is 8.43. The Kier molecular flexibility index (Phi) is 9.65. The number of H-pyrrole nitrogens is 1. The van der Waals surface area contributed by atoms with Gasteiger partial charge < -0.3 is 25.3 Å². The maximum Gasteiger partial charge on any atom is 0.573 e. The van der Waals surface area contributed by atoms with Crippen molar-refractivity contribution in [1.29, 1.82) is 0 Å². The number of hydrogen-bond acceptors (Lipinski definition) is 5. The summed E-state index contributed by atoms with van der Waals surface area (Å²) in [6, 6.07) is 10.4. The van der Waals surface area contributed by atoms with E-state index < -0.39 is 6.36 Å². The minimum absolute atomic E-state index is 0.182. The molecule has 38 heavy (non-hydrogen) atoms. The Morgan fingerprint density at radius 3 is 2.47 bits per heavy atom. The number of alkyl halides is 3. The molecule has 3 aromatic rings. The first-order valence-corrected chi connectivity index (χ1v) is 12.9. The molecule has 4 rings (SSSR count). The third-order valence-electron chi connectivity index (χ3n) is 6.39. The average molecular weight is 534 g/mol. The molecule has 1 atom stereocenters. The summed E-state index contributed by atoms with van der Waals surface area (Å²) < 4.78 is 40.5. The van der Waals surface area contributed by atoms with Crippen LogP contribution in [-0.4, -0.2) is 54.3 Å². The normalized spacial score (nSPS) is 17.0. The van der Waals surface area contributed by atoms with Gasteiger partial charge in [0.1, 0.15) is 5.75 Å². The zero-order valence-corrected chi connectivity index (χ0v) is 22.7. The smallest absolute Gasteiger partial charge is 0.406 e. The van der Waals surface area contributed by atoms with Crippen LogP contribution in [0.5, 0.6) is 5.75 Å². The topological polar surface area (TPSA) is 82.3 Å². The molecule has 1 aromatic heterocycles. The third kappa shape index (κ3) is 9.55. The second-order valence-electron chi connectivity index (χ2n) is 10.9. The Hall–Kier alpha value is -3.27. The lowest BCUT2D eigenvalue weighted by Crippen LogP contribution is -2.31. The molecule has 0 radical (unpaired) electrons. The largest absolute Gasteiger partial charge is 0.573 e. The number of carbonyl (C=O) groups excluding carboxylic acids is 1. The molecule has 1 aliphatic rings. The summed E-state index contributed by atoms with van der Waals surface area (Å²) in [4.78, 5) is 21.6. The molecule has 1 aliphatic carbocycles. The monoisotopic (exact) mass is 533 g/mol. The van der Waals surface area contributed by atoms with Crippen LogP contribution in [0.4, 0.5) is 24.8 Å². The van der Waals surface area contributed by atoms with Crippen molar-refractivity contribution in [2.75, 3.05) is 32.5 Å². The third-order valence-corrected chi connectivity index (χ3v) is 6.39. The highest BCUT2D eigenvalue weighted by molar-refractivity contribution is 5.97. The molecule has 1 saturated carbocycles. The molecule has 0 spiro atoms. The molecule has 7 nitrogen and oxygen atoms in total. The summed E-state index contributed by atoms with van der Waals surface area (Å²) in [7, 11) is 3.85. The number of hydrogen-bond donors (Lipinski definition) is 3. The molecular formula is C28H38F3N5O2. The van der Waals surface area contributed by atoms with E-state index in [1.54, 1.807) is 18.2 Å². The van der Waals surface area contributed by atoms with Gasteiger partial charge in [-0.25, -0.2) is 4.98 Å². The number of ether oxygens (including phenoxy) is 1. The zero-order valence-electron chi connectivity index (χ0n) is 22.7. The lowest BCUT2D eigenvalue weighted by Gasteiger charge is -2.33. The Morgan fingerprint density at radius 2 is 1.89 bits per heavy atom. The van der Waals surface area contributed by atoms with Crippen LogP contribution in [0.2, 0.25) is 0 Å². The van der Waals surface area contributed by atoms with E-state index in [2.05, 4.69) is 46.1 Å². The van der Waals surface area contributed by atoms with Gasteiger partial charge in [0.15, 0.2) is 0 Å². The van der Waals surface area contributed by atoms with Crippen LogP contribution in [0.25, 0.3) is 11.0 Å². The number of rotatable bonds is 7. The summed E-state index contributed by atoms with van der Waals surface area (Å²) in [5, 5.41) is 5.81. The average Bonchev–Trinajstić information content (AvgIpc) is 3.20. The summed E-state index contributed by atoms with van der Waals surface area (Å²) in [5.74, 6) is 0.888. The highest BCUT2D eigenvalue weighted by atomic mass is 19.4. The molecule has 1 fully saturated rings. The van der Waals surface area contributed by atoms with Gasteiger partial charge in [0.05, 0.1) is 11.0 Å². The van der Waals surface area contributed by atoms with Crippen molar-refractivity contribution in [3.05, 3.63) is 48.0 Å². The highest BCUT2D eigenvalue weighted by Gasteiger charge is 2.31. The van der Waals surface area contributed by atoms with Gasteiger partial charge in [-0.05, 0) is 80.7 Å². The van der Waals surface area contributed by atoms with Crippen LogP contribution in [-0.2, 0) is 0 Å². The number of likely N-dealkylation sites (N-methyl/N-ethyl adjacent to an activating group) is 1. The molecule has 0 unspecified atom stereocenters. The Labute approximate surface area is 222 Å². The van der Waals surface area contributed by atoms with Crippen molar-refractivity contribution in [1.82, 2.24) is 20.2 Å². The number of fused-ring (bicyclic) bond motifs is 1. The number of aromatic nitrogens is 2. The standard InChI is InChI=1S/C19H20F3N5O2.C9H18/c1-27(2)10-9-23-17(28)12-3-8-15-16(11-12)26-18(25-15)24-13-4-6-14(7-5-13)29-19(20,21)22;1-8-5-4-6-9(2,3)7-8/h3-8,11H,9-10H2,1-2H3,(H,23,28)(H2,24,25,26);8H,4-7H2,1-3H3/t;8-/m.1/s1. The fourth-order valence-corrected chi connectivity index (χ4v) is 4.66. The maximum absolute atomic E-state index is 12.2. The Balaban J connectivity index is 0.000000375. The van der Waals surface area contributed by atoms with E-state index in [-0.39, 0.29) is 11.7 Å². The molecule has 0 saturated heterocycles. The predicted molar refractivity (Wildman–Crippen MR) is 145 cm³/mol. The van der Waals surface area contributed by atoms with Gasteiger partial charge in [-0.3, -0.25) is 4.79 Å². The quantitative estimate of drug-likeness (QED) is 0.314. The minimum Gasteiger partial charge on any atom is -0.406 e. The van der Waals surface area contributed by atoms with Crippen molar-refractivity contribution >= 4 is 28.6 Å². The number of anilines is 2. The van der Waals surface area contributed by atoms with Gasteiger partial charge in [-0.15, -0.1) is 13.2 Å². The first-order chi connectivity index (χ1) is 17.8. The van der Waals surface area contributed by atoms with Crippen LogP contribution in [0, 0.1) is 11.3 Å². The summed E-state index contributed by atoms with van der Waals surface area (Å²) in [6.07, 6.45) is 1.06. The lowest BCUT2D eigenvalue weighted by molar-refractivity contribution is -0.274. The van der Waals surface area contributed by atoms with Crippen molar-refractivity contribution in [3.8, 4) is 5.75 Å². The van der Waals surface area contributed by atoms with Gasteiger partial charge in [-0.2, -0.15) is 0 Å². The van der Waals surface area contributed by atoms with Crippen molar-refractivity contribution in [2.45, 2.75) is 52.8 Å². The van der Waals surface area contributed by atoms with Crippen LogP contribution < -0.4 is 15.4 Å². The van der Waals surface area contributed by atoms with Crippen LogP contribution >= 0.6 is 0 Å². The van der Waals surface area contributed by atoms with Crippen LogP contribution in [0.3, 0.4) is 0 Å². The van der Waals surface area contributed by atoms with Crippen molar-refractivity contribution < 1.29 is 22.7 Å². The SMILES string of the molecule is CN(C)CCNC(=O)c1ccc2nc(Nc3ccc(OC(F)(F)F)cc3)[nH]c2c1.C[C@@H]1CCCC(C)(C)C1. The van der Waals surface area contributed by atoms with E-state index >= 15 is 0 Å². The van der Waals surface area contributed by atoms with Crippen LogP contribution in [0.1, 0.15) is 56.8 Å². The fourth-order valence-electron chi connectivity index (χ4n) is 4.66. The molecule has 0 bridgehead atoms. The predicted octanol–water partition coefficient (Wildman–Crippen LogP) is 6.72. The van der Waals surface area contributed by atoms with E-state index in [0.29, 0.717) is 40.2 Å². The maximum atomic E-state index is 12.2. The number of imidazole rings is 1. The molecular weight excluding hydrogens is 495 g/mol. The molecule has 1 heterocycles. The second-order valence-corrected chi connectivity index (χ2v) is 10.9. The van der Waals surface area contributed by atoms with Gasteiger partial charge in [0.2, 0.25) is 5.95 Å². The second kappa shape index (κ2) is 12.5. The number of nitrogens with zero attached hydrogens (tertiary/aromatic N) is 2. The van der Waals surface area contributed by atoms with Crippen molar-refractivity contribution in [2.24, 2.45) is 11.3 Å². The molecule has 10 heteroatoms. The molecule has 0 aliphatic heterocycles. The van der Waals surface area contributed by atoms with E-state index in [1.807, 2.05) is 19.0 Å². The number of benzene rings is 2. The first kappa shape index (κ1) is 29.3. The number of halogens is 3. The number of carbonyl (C=O) groups is 1. The summed E-state index contributed by atoms with van der Waals surface area (Å²) >= 11 is 0. The van der Waals surface area contributed by atoms with Crippen LogP contribution in [0.15, 0.2) is 42.5 Å². The molecule has 208 valence electrons. The number of nitrogens with one attached hydrogen (secondary N) is 3. The van der Waals surface area contributed by atoms with E-state index in [4.69, 9.17) is 0 Å². The molecule has 1 amide bonds. The van der Waals surface area contributed by atoms with E-state index in [9.17, 15) is 18.0 Å². The van der Waals surface area contributed by atoms with Gasteiger partial charge in [0, 0.05) is 24.3 Å². The lowest BCUT2D eigenvalue weighted by atomic mass is 9.73. The zero-order chi connectivity index (χ0) is 27.9. The minimum atomic E-state index is -4.73. The highest BCUT2D eigenvalue weighted by Crippen LogP contribution is 2.37. The Bertz CT molecular complexity index is 1190. The van der Waals surface area contributed by atoms with E-state index in [0.717, 1.165) is 12.5 Å². The number of aromatic amines is 1. The fraction of sp³-hybridized carbons (Fsp3) is 0.500. The van der Waals surface area contributed by atoms with Gasteiger partial charge >= 0.3 is 6.36 Å². The van der Waals surface area contributed by atoms with Gasteiger partial charge in [-0.1, -0.05) is 33.6 Å². The molecule has 3 N–H and O–H groups in total. The molecule has 2 aromatic carbocycles. The number of amides is 1. The van der Waals surface area contributed by atoms with Crippen molar-refractivity contribution in [3.63, 3.8) is 0 Å². The Morgan fingerprint density at radius 1 is 1.18 bits per heavy atom. The summed E-state index contributed by atoms with van der Waals surface area (Å²) in [5.41, 5.74) is 2.98. The van der Waals surface area contributed by atoms with E-state index in [1.165, 1.54) is 49.9 Å². The van der Waals surface area contributed by atoms with Gasteiger partial charge in [0.25, 0.3) is 5.91 Å². The first-order valence-electron chi connectivity index (χ1n) is 12.9.